The number of carbonyl (C=O) groups is 1. The molecule has 0 spiro atoms. The normalized spacial score (nSPS) is 19.4. The van der Waals surface area contributed by atoms with Crippen molar-refractivity contribution >= 4 is 5.97 Å². The Labute approximate surface area is 212 Å². The number of carboxylic acid groups (broad SMARTS) is 1. The monoisotopic (exact) mass is 485 g/mol. The molecular formula is C29H35N5O2. The van der Waals surface area contributed by atoms with Gasteiger partial charge in [0.15, 0.2) is 0 Å². The standard InChI is InChI=1S/C29H35N5O2/c1-33-11-13-34(14-12-33)17-18-5-7-19(8-6-18)24-15-23-21(16-31-24)9-10-22-25(29(35)36)28(32-27(22)23)26(30)20-3-2-4-20/h5-8,15-16,20,26,32H,2-4,9-14,17,30H2,1H3,(H,35,36). The second-order valence-corrected chi connectivity index (χ2v) is 10.8. The number of pyridine rings is 1. The minimum absolute atomic E-state index is 0.256. The summed E-state index contributed by atoms with van der Waals surface area (Å²) in [5.41, 5.74) is 14.9. The van der Waals surface area contributed by atoms with Crippen molar-refractivity contribution in [2.45, 2.75) is 44.7 Å². The van der Waals surface area contributed by atoms with E-state index in [2.05, 4.69) is 52.2 Å². The summed E-state index contributed by atoms with van der Waals surface area (Å²) >= 11 is 0. The van der Waals surface area contributed by atoms with Crippen LogP contribution in [0.3, 0.4) is 0 Å². The molecule has 3 aromatic rings. The molecule has 0 radical (unpaired) electrons. The number of nitrogens with two attached hydrogens (primary N) is 1. The molecule has 3 heterocycles. The predicted octanol–water partition coefficient (Wildman–Crippen LogP) is 4.09. The minimum atomic E-state index is -0.883. The van der Waals surface area contributed by atoms with Gasteiger partial charge < -0.3 is 20.7 Å². The molecule has 2 fully saturated rings. The lowest BCUT2D eigenvalue weighted by Crippen LogP contribution is -2.43. The highest BCUT2D eigenvalue weighted by Gasteiger charge is 2.34. The van der Waals surface area contributed by atoms with Gasteiger partial charge >= 0.3 is 5.97 Å². The molecule has 0 amide bonds. The first-order chi connectivity index (χ1) is 17.5. The number of aryl methyl sites for hydroxylation is 1. The van der Waals surface area contributed by atoms with Gasteiger partial charge in [0, 0.05) is 61.8 Å². The molecule has 2 aromatic heterocycles. The molecule has 2 aliphatic carbocycles. The zero-order valence-electron chi connectivity index (χ0n) is 21.0. The Hall–Kier alpha value is -3.00. The molecule has 36 heavy (non-hydrogen) atoms. The maximum atomic E-state index is 12.3. The molecule has 3 aliphatic rings. The van der Waals surface area contributed by atoms with Gasteiger partial charge in [-0.05, 0) is 61.4 Å². The van der Waals surface area contributed by atoms with E-state index in [0.717, 1.165) is 85.6 Å². The van der Waals surface area contributed by atoms with E-state index in [4.69, 9.17) is 10.7 Å². The lowest BCUT2D eigenvalue weighted by molar-refractivity contribution is 0.0693. The van der Waals surface area contributed by atoms with Crippen LogP contribution in [-0.2, 0) is 19.4 Å². The van der Waals surface area contributed by atoms with Crippen LogP contribution in [0.25, 0.3) is 22.5 Å². The number of nitrogens with one attached hydrogen (secondary N) is 1. The van der Waals surface area contributed by atoms with Crippen LogP contribution in [0.2, 0.25) is 0 Å². The molecule has 4 N–H and O–H groups in total. The number of aromatic nitrogens is 2. The SMILES string of the molecule is CN1CCN(Cc2ccc(-c3cc4c(cn3)CCc3c-4[nH]c(C(N)C4CCC4)c3C(=O)O)cc2)CC1. The first-order valence-electron chi connectivity index (χ1n) is 13.2. The van der Waals surface area contributed by atoms with Gasteiger partial charge in [-0.2, -0.15) is 0 Å². The number of H-pyrrole nitrogens is 1. The van der Waals surface area contributed by atoms with Gasteiger partial charge in [0.1, 0.15) is 0 Å². The summed E-state index contributed by atoms with van der Waals surface area (Å²) in [5, 5.41) is 10.1. The lowest BCUT2D eigenvalue weighted by atomic mass is 9.78. The van der Waals surface area contributed by atoms with E-state index >= 15 is 0 Å². The Bertz CT molecular complexity index is 1270. The zero-order valence-corrected chi connectivity index (χ0v) is 21.0. The van der Waals surface area contributed by atoms with Gasteiger partial charge in [0.25, 0.3) is 0 Å². The van der Waals surface area contributed by atoms with E-state index < -0.39 is 5.97 Å². The van der Waals surface area contributed by atoms with Crippen LogP contribution in [0.4, 0.5) is 0 Å². The van der Waals surface area contributed by atoms with Gasteiger partial charge in [0.05, 0.1) is 17.0 Å². The van der Waals surface area contributed by atoms with E-state index in [0.29, 0.717) is 23.6 Å². The number of benzene rings is 1. The molecule has 1 aromatic carbocycles. The largest absolute Gasteiger partial charge is 0.478 e. The molecule has 6 rings (SSSR count). The Morgan fingerprint density at radius 2 is 1.92 bits per heavy atom. The Morgan fingerprint density at radius 1 is 1.17 bits per heavy atom. The molecule has 1 saturated carbocycles. The van der Waals surface area contributed by atoms with Crippen LogP contribution in [-0.4, -0.2) is 64.1 Å². The maximum absolute atomic E-state index is 12.3. The summed E-state index contributed by atoms with van der Waals surface area (Å²) in [7, 11) is 2.18. The molecule has 7 heteroatoms. The number of aromatic carboxylic acids is 1. The van der Waals surface area contributed by atoms with Crippen molar-refractivity contribution in [3.8, 4) is 22.5 Å². The van der Waals surface area contributed by atoms with Crippen molar-refractivity contribution in [2.75, 3.05) is 33.2 Å². The highest BCUT2D eigenvalue weighted by molar-refractivity contribution is 5.95. The zero-order chi connectivity index (χ0) is 24.8. The summed E-state index contributed by atoms with van der Waals surface area (Å²) in [6.07, 6.45) is 6.75. The molecular weight excluding hydrogens is 450 g/mol. The first kappa shape index (κ1) is 23.4. The summed E-state index contributed by atoms with van der Waals surface area (Å²) in [4.78, 5) is 25.4. The van der Waals surface area contributed by atoms with Gasteiger partial charge in [-0.1, -0.05) is 30.7 Å². The van der Waals surface area contributed by atoms with Gasteiger partial charge in [-0.25, -0.2) is 4.79 Å². The Kier molecular flexibility index (Phi) is 6.15. The summed E-state index contributed by atoms with van der Waals surface area (Å²) in [6.45, 7) is 5.42. The number of hydrogen-bond acceptors (Lipinski definition) is 5. The molecule has 1 unspecified atom stereocenters. The quantitative estimate of drug-likeness (QED) is 0.487. The smallest absolute Gasteiger partial charge is 0.337 e. The number of aromatic amines is 1. The highest BCUT2D eigenvalue weighted by Crippen LogP contribution is 2.42. The van der Waals surface area contributed by atoms with Crippen LogP contribution >= 0.6 is 0 Å². The van der Waals surface area contributed by atoms with Gasteiger partial charge in [-0.15, -0.1) is 0 Å². The number of hydrogen-bond donors (Lipinski definition) is 3. The molecule has 188 valence electrons. The fraction of sp³-hybridized carbons (Fsp3) is 0.448. The number of fused-ring (bicyclic) bond motifs is 3. The number of piperazine rings is 1. The predicted molar refractivity (Wildman–Crippen MR) is 141 cm³/mol. The fourth-order valence-corrected chi connectivity index (χ4v) is 5.95. The van der Waals surface area contributed by atoms with E-state index in [1.165, 1.54) is 12.0 Å². The van der Waals surface area contributed by atoms with Crippen LogP contribution < -0.4 is 5.73 Å². The summed E-state index contributed by atoms with van der Waals surface area (Å²) in [5.74, 6) is -0.522. The number of rotatable bonds is 6. The van der Waals surface area contributed by atoms with Crippen molar-refractivity contribution in [2.24, 2.45) is 11.7 Å². The summed E-state index contributed by atoms with van der Waals surface area (Å²) < 4.78 is 0. The van der Waals surface area contributed by atoms with Crippen molar-refractivity contribution in [1.82, 2.24) is 19.8 Å². The Balaban J connectivity index is 1.29. The highest BCUT2D eigenvalue weighted by atomic mass is 16.4. The first-order valence-corrected chi connectivity index (χ1v) is 13.2. The molecule has 1 atom stereocenters. The third-order valence-electron chi connectivity index (χ3n) is 8.49. The van der Waals surface area contributed by atoms with E-state index in [1.807, 2.05) is 6.20 Å². The van der Waals surface area contributed by atoms with E-state index in [1.54, 1.807) is 0 Å². The molecule has 0 bridgehead atoms. The average molecular weight is 486 g/mol. The van der Waals surface area contributed by atoms with Crippen molar-refractivity contribution in [3.05, 3.63) is 64.5 Å². The van der Waals surface area contributed by atoms with Crippen LogP contribution in [0.1, 0.15) is 58.0 Å². The second kappa shape index (κ2) is 9.47. The number of nitrogens with zero attached hydrogens (tertiary/aromatic N) is 3. The lowest BCUT2D eigenvalue weighted by Gasteiger charge is -2.32. The van der Waals surface area contributed by atoms with Gasteiger partial charge in [0.2, 0.25) is 0 Å². The average Bonchev–Trinajstić information content (AvgIpc) is 3.25. The van der Waals surface area contributed by atoms with Crippen molar-refractivity contribution in [1.29, 1.82) is 0 Å². The Morgan fingerprint density at radius 3 is 2.58 bits per heavy atom. The van der Waals surface area contributed by atoms with E-state index in [9.17, 15) is 9.90 Å². The third-order valence-corrected chi connectivity index (χ3v) is 8.49. The van der Waals surface area contributed by atoms with Crippen LogP contribution in [0, 0.1) is 5.92 Å². The number of likely N-dealkylation sites (N-methyl/N-ethyl adjacent to an activating group) is 1. The summed E-state index contributed by atoms with van der Waals surface area (Å²) in [6, 6.07) is 10.6. The third kappa shape index (κ3) is 4.25. The minimum Gasteiger partial charge on any atom is -0.478 e. The number of carboxylic acids is 1. The molecule has 1 aliphatic heterocycles. The van der Waals surface area contributed by atoms with E-state index in [-0.39, 0.29) is 6.04 Å². The molecule has 1 saturated heterocycles. The van der Waals surface area contributed by atoms with Crippen LogP contribution in [0.5, 0.6) is 0 Å². The van der Waals surface area contributed by atoms with Crippen molar-refractivity contribution in [3.63, 3.8) is 0 Å². The fourth-order valence-electron chi connectivity index (χ4n) is 5.95. The topological polar surface area (TPSA) is 98.5 Å². The second-order valence-electron chi connectivity index (χ2n) is 10.8. The van der Waals surface area contributed by atoms with Crippen LogP contribution in [0.15, 0.2) is 36.5 Å². The molecule has 7 nitrogen and oxygen atoms in total. The maximum Gasteiger partial charge on any atom is 0.337 e. The van der Waals surface area contributed by atoms with Crippen molar-refractivity contribution < 1.29 is 9.90 Å². The van der Waals surface area contributed by atoms with Gasteiger partial charge in [-0.3, -0.25) is 9.88 Å².